The number of hydrogen-bond acceptors (Lipinski definition) is 3. The maximum Gasteiger partial charge on any atom is 0.336 e. The number of alkyl halides is 3. The Hall–Kier alpha value is -1.30. The third-order valence-electron chi connectivity index (χ3n) is 3.74. The molecule has 0 heterocycles. The van der Waals surface area contributed by atoms with Gasteiger partial charge in [0.25, 0.3) is 9.70 Å². The molecule has 150 valence electrons. The van der Waals surface area contributed by atoms with Crippen LogP contribution >= 0.6 is 34.8 Å². The summed E-state index contributed by atoms with van der Waals surface area (Å²) in [7, 11) is 0. The molecule has 0 bridgehead atoms. The van der Waals surface area contributed by atoms with Crippen molar-refractivity contribution in [2.45, 2.75) is 49.4 Å². The van der Waals surface area contributed by atoms with Crippen LogP contribution in [0.2, 0.25) is 0 Å². The lowest BCUT2D eigenvalue weighted by Crippen LogP contribution is -2.44. The van der Waals surface area contributed by atoms with Gasteiger partial charge in [0.05, 0.1) is 18.2 Å². The normalized spacial score (nSPS) is 13.2. The van der Waals surface area contributed by atoms with E-state index in [0.717, 1.165) is 19.3 Å². The number of esters is 1. The number of hydrogen-bond donors (Lipinski definition) is 1. The van der Waals surface area contributed by atoms with Crippen LogP contribution < -0.4 is 5.32 Å². The van der Waals surface area contributed by atoms with Crippen molar-refractivity contribution < 1.29 is 18.7 Å². The summed E-state index contributed by atoms with van der Waals surface area (Å²) in [6.45, 7) is 3.88. The van der Waals surface area contributed by atoms with Crippen molar-refractivity contribution in [3.05, 3.63) is 41.2 Å². The van der Waals surface area contributed by atoms with Gasteiger partial charge < -0.3 is 10.1 Å². The van der Waals surface area contributed by atoms with Crippen molar-refractivity contribution in [2.24, 2.45) is 0 Å². The summed E-state index contributed by atoms with van der Waals surface area (Å²) in [6.07, 6.45) is 4.63. The molecular formula is C19H23Cl3FNO3. The number of ether oxygens (including phenoxy) is 1. The standard InChI is InChI=1S/C19H23Cl3FNO3/c1-3-5-6-7-16(24-18(26)19(20,21)22)15(17(25)27-4-2)12-13-8-10-14(23)11-9-13/h8-12,16H,3-7H2,1-2H3,(H,24,26)/b15-12+/t16-/m1/s1. The highest BCUT2D eigenvalue weighted by Crippen LogP contribution is 2.27. The Kier molecular flexibility index (Phi) is 10.1. The molecule has 0 fully saturated rings. The molecule has 1 rings (SSSR count). The lowest BCUT2D eigenvalue weighted by Gasteiger charge is -2.23. The van der Waals surface area contributed by atoms with E-state index in [0.29, 0.717) is 12.0 Å². The summed E-state index contributed by atoms with van der Waals surface area (Å²) in [4.78, 5) is 24.7. The molecule has 0 aliphatic carbocycles. The van der Waals surface area contributed by atoms with Crippen LogP contribution in [0.4, 0.5) is 4.39 Å². The summed E-state index contributed by atoms with van der Waals surface area (Å²) >= 11 is 17.0. The largest absolute Gasteiger partial charge is 0.463 e. The van der Waals surface area contributed by atoms with Gasteiger partial charge in [0, 0.05) is 0 Å². The number of nitrogens with one attached hydrogen (secondary N) is 1. The van der Waals surface area contributed by atoms with E-state index in [1.54, 1.807) is 13.0 Å². The fourth-order valence-electron chi connectivity index (χ4n) is 2.40. The molecule has 0 radical (unpaired) electrons. The highest BCUT2D eigenvalue weighted by molar-refractivity contribution is 6.76. The number of unbranched alkanes of at least 4 members (excludes halogenated alkanes) is 2. The SMILES string of the molecule is CCCCC[C@@H](NC(=O)C(Cl)(Cl)Cl)/C(=C\c1ccc(F)cc1)C(=O)OCC. The smallest absolute Gasteiger partial charge is 0.336 e. The van der Waals surface area contributed by atoms with Gasteiger partial charge in [-0.3, -0.25) is 4.79 Å². The van der Waals surface area contributed by atoms with Crippen molar-refractivity contribution in [3.63, 3.8) is 0 Å². The van der Waals surface area contributed by atoms with E-state index in [-0.39, 0.29) is 12.2 Å². The maximum absolute atomic E-state index is 13.2. The summed E-state index contributed by atoms with van der Waals surface area (Å²) in [5.74, 6) is -1.81. The molecule has 0 aromatic heterocycles. The predicted octanol–water partition coefficient (Wildman–Crippen LogP) is 5.21. The van der Waals surface area contributed by atoms with Gasteiger partial charge in [-0.1, -0.05) is 73.1 Å². The summed E-state index contributed by atoms with van der Waals surface area (Å²) in [5, 5.41) is 2.61. The molecule has 0 aliphatic rings. The number of carbonyl (C=O) groups excluding carboxylic acids is 2. The first-order chi connectivity index (χ1) is 12.7. The van der Waals surface area contributed by atoms with E-state index in [1.807, 2.05) is 6.92 Å². The predicted molar refractivity (Wildman–Crippen MR) is 107 cm³/mol. The van der Waals surface area contributed by atoms with Gasteiger partial charge >= 0.3 is 5.97 Å². The zero-order valence-corrected chi connectivity index (χ0v) is 17.5. The minimum absolute atomic E-state index is 0.166. The van der Waals surface area contributed by atoms with Crippen LogP contribution in [0.5, 0.6) is 0 Å². The molecule has 4 nitrogen and oxygen atoms in total. The molecular weight excluding hydrogens is 416 g/mol. The molecule has 0 saturated heterocycles. The number of amides is 1. The zero-order chi connectivity index (χ0) is 20.4. The fraction of sp³-hybridized carbons (Fsp3) is 0.474. The molecule has 1 N–H and O–H groups in total. The van der Waals surface area contributed by atoms with Crippen LogP contribution in [0, 0.1) is 5.82 Å². The average Bonchev–Trinajstić information content (AvgIpc) is 2.60. The fourth-order valence-corrected chi connectivity index (χ4v) is 2.56. The second-order valence-corrected chi connectivity index (χ2v) is 8.17. The highest BCUT2D eigenvalue weighted by Gasteiger charge is 2.34. The van der Waals surface area contributed by atoms with E-state index in [9.17, 15) is 14.0 Å². The van der Waals surface area contributed by atoms with E-state index in [1.165, 1.54) is 24.3 Å². The van der Waals surface area contributed by atoms with Gasteiger partial charge in [-0.2, -0.15) is 0 Å². The molecule has 27 heavy (non-hydrogen) atoms. The minimum Gasteiger partial charge on any atom is -0.463 e. The van der Waals surface area contributed by atoms with Gasteiger partial charge in [0.1, 0.15) is 5.82 Å². The maximum atomic E-state index is 13.2. The van der Waals surface area contributed by atoms with Crippen LogP contribution in [0.15, 0.2) is 29.8 Å². The Balaban J connectivity index is 3.23. The van der Waals surface area contributed by atoms with Crippen LogP contribution in [0.25, 0.3) is 6.08 Å². The molecule has 1 atom stereocenters. The first-order valence-electron chi connectivity index (χ1n) is 8.71. The molecule has 0 aliphatic heterocycles. The minimum atomic E-state index is -2.15. The van der Waals surface area contributed by atoms with Gasteiger partial charge in [-0.25, -0.2) is 9.18 Å². The van der Waals surface area contributed by atoms with Crippen molar-refractivity contribution in [3.8, 4) is 0 Å². The Morgan fingerprint density at radius 1 is 1.19 bits per heavy atom. The van der Waals surface area contributed by atoms with Gasteiger partial charge in [-0.15, -0.1) is 0 Å². The monoisotopic (exact) mass is 437 g/mol. The summed E-state index contributed by atoms with van der Waals surface area (Å²) in [5.41, 5.74) is 0.797. The van der Waals surface area contributed by atoms with Crippen LogP contribution in [-0.2, 0) is 14.3 Å². The first kappa shape index (κ1) is 23.7. The molecule has 1 aromatic carbocycles. The third-order valence-corrected chi connectivity index (χ3v) is 4.25. The zero-order valence-electron chi connectivity index (χ0n) is 15.2. The lowest BCUT2D eigenvalue weighted by molar-refractivity contribution is -0.138. The van der Waals surface area contributed by atoms with Gasteiger partial charge in [0.15, 0.2) is 0 Å². The van der Waals surface area contributed by atoms with E-state index in [4.69, 9.17) is 39.5 Å². The number of rotatable bonds is 9. The third kappa shape index (κ3) is 8.50. The number of benzene rings is 1. The van der Waals surface area contributed by atoms with Crippen LogP contribution in [0.1, 0.15) is 45.1 Å². The van der Waals surface area contributed by atoms with Gasteiger partial charge in [0.2, 0.25) is 0 Å². The van der Waals surface area contributed by atoms with E-state index >= 15 is 0 Å². The second kappa shape index (κ2) is 11.5. The quantitative estimate of drug-likeness (QED) is 0.249. The van der Waals surface area contributed by atoms with Crippen LogP contribution in [0.3, 0.4) is 0 Å². The summed E-state index contributed by atoms with van der Waals surface area (Å²) in [6, 6.07) is 4.90. The van der Waals surface area contributed by atoms with Crippen molar-refractivity contribution in [1.82, 2.24) is 5.32 Å². The molecule has 1 amide bonds. The molecule has 1 aromatic rings. The topological polar surface area (TPSA) is 55.4 Å². The Bertz CT molecular complexity index is 657. The molecule has 0 saturated carbocycles. The summed E-state index contributed by atoms with van der Waals surface area (Å²) < 4.78 is 16.1. The molecule has 0 spiro atoms. The number of halogens is 4. The lowest BCUT2D eigenvalue weighted by atomic mass is 9.98. The molecule has 8 heteroatoms. The highest BCUT2D eigenvalue weighted by atomic mass is 35.6. The van der Waals surface area contributed by atoms with E-state index < -0.39 is 27.5 Å². The van der Waals surface area contributed by atoms with Gasteiger partial charge in [-0.05, 0) is 37.1 Å². The van der Waals surface area contributed by atoms with E-state index in [2.05, 4.69) is 5.32 Å². The molecule has 0 unspecified atom stereocenters. The Morgan fingerprint density at radius 3 is 2.33 bits per heavy atom. The Morgan fingerprint density at radius 2 is 1.81 bits per heavy atom. The van der Waals surface area contributed by atoms with Crippen molar-refractivity contribution in [1.29, 1.82) is 0 Å². The first-order valence-corrected chi connectivity index (χ1v) is 9.84. The van der Waals surface area contributed by atoms with Crippen molar-refractivity contribution in [2.75, 3.05) is 6.61 Å². The Labute approximate surface area is 174 Å². The number of carbonyl (C=O) groups is 2. The second-order valence-electron chi connectivity index (χ2n) is 5.89. The average molecular weight is 439 g/mol. The van der Waals surface area contributed by atoms with Crippen molar-refractivity contribution >= 4 is 52.8 Å². The van der Waals surface area contributed by atoms with Crippen LogP contribution in [-0.4, -0.2) is 28.3 Å².